The number of thioether (sulfide) groups is 1. The molecule has 0 unspecified atom stereocenters. The summed E-state index contributed by atoms with van der Waals surface area (Å²) in [6.45, 7) is 0. The van der Waals surface area contributed by atoms with Crippen LogP contribution in [-0.2, 0) is 12.8 Å². The van der Waals surface area contributed by atoms with Crippen LogP contribution in [0.15, 0.2) is 78.0 Å². The predicted octanol–water partition coefficient (Wildman–Crippen LogP) is 5.45. The fraction of sp³-hybridized carbons (Fsp3) is 0.0870. The van der Waals surface area contributed by atoms with Crippen molar-refractivity contribution in [1.82, 2.24) is 14.8 Å². The minimum absolute atomic E-state index is 0.312. The van der Waals surface area contributed by atoms with Gasteiger partial charge in [0.25, 0.3) is 0 Å². The number of benzene rings is 3. The summed E-state index contributed by atoms with van der Waals surface area (Å²) in [5.74, 6) is 0.908. The Morgan fingerprint density at radius 2 is 1.62 bits per heavy atom. The van der Waals surface area contributed by atoms with Crippen LogP contribution in [0.25, 0.3) is 22.5 Å². The zero-order valence-electron chi connectivity index (χ0n) is 15.7. The molecular weight excluding hydrogens is 383 g/mol. The lowest BCUT2D eigenvalue weighted by molar-refractivity contribution is 0.628. The van der Waals surface area contributed by atoms with Gasteiger partial charge in [-0.05, 0) is 34.9 Å². The summed E-state index contributed by atoms with van der Waals surface area (Å²) in [4.78, 5) is 0. The monoisotopic (exact) mass is 400 g/mol. The average Bonchev–Trinajstić information content (AvgIpc) is 3.13. The quantitative estimate of drug-likeness (QED) is 0.418. The molecule has 4 nitrogen and oxygen atoms in total. The van der Waals surface area contributed by atoms with E-state index in [2.05, 4.69) is 16.3 Å². The first-order chi connectivity index (χ1) is 14.2. The Morgan fingerprint density at radius 1 is 0.931 bits per heavy atom. The minimum atomic E-state index is -0.312. The van der Waals surface area contributed by atoms with Crippen molar-refractivity contribution in [2.45, 2.75) is 10.9 Å². The van der Waals surface area contributed by atoms with Crippen LogP contribution in [0.5, 0.6) is 0 Å². The first-order valence-electron chi connectivity index (χ1n) is 9.03. The third-order valence-electron chi connectivity index (χ3n) is 4.63. The molecule has 0 aliphatic carbocycles. The Hall–Kier alpha value is -3.43. The molecule has 4 rings (SSSR count). The van der Waals surface area contributed by atoms with E-state index in [1.807, 2.05) is 55.6 Å². The highest BCUT2D eigenvalue weighted by atomic mass is 32.2. The molecule has 4 aromatic rings. The highest BCUT2D eigenvalue weighted by molar-refractivity contribution is 7.98. The Labute approximate surface area is 172 Å². The Bertz CT molecular complexity index is 1190. The van der Waals surface area contributed by atoms with Gasteiger partial charge in [0, 0.05) is 12.8 Å². The molecule has 0 aliphatic heterocycles. The second-order valence-electron chi connectivity index (χ2n) is 6.49. The fourth-order valence-corrected chi connectivity index (χ4v) is 3.95. The van der Waals surface area contributed by atoms with E-state index in [0.29, 0.717) is 22.7 Å². The standard InChI is InChI=1S/C23H17FN4S/c1-28-22(20-8-4-5-9-21(20)24)26-27-23(28)29-15-16-10-12-17(13-11-16)19-7-3-2-6-18(19)14-25/h2-13H,15H2,1H3. The first kappa shape index (κ1) is 18.9. The highest BCUT2D eigenvalue weighted by Crippen LogP contribution is 2.28. The summed E-state index contributed by atoms with van der Waals surface area (Å²) in [5.41, 5.74) is 4.17. The molecule has 0 saturated heterocycles. The average molecular weight is 400 g/mol. The molecule has 0 N–H and O–H groups in total. The largest absolute Gasteiger partial charge is 0.305 e. The predicted molar refractivity (Wildman–Crippen MR) is 113 cm³/mol. The van der Waals surface area contributed by atoms with Crippen molar-refractivity contribution in [3.63, 3.8) is 0 Å². The molecule has 0 radical (unpaired) electrons. The Balaban J connectivity index is 1.49. The van der Waals surface area contributed by atoms with Gasteiger partial charge >= 0.3 is 0 Å². The molecule has 0 spiro atoms. The smallest absolute Gasteiger partial charge is 0.191 e. The van der Waals surface area contributed by atoms with E-state index in [4.69, 9.17) is 0 Å². The van der Waals surface area contributed by atoms with Crippen molar-refractivity contribution < 1.29 is 4.39 Å². The number of hydrogen-bond donors (Lipinski definition) is 0. The summed E-state index contributed by atoms with van der Waals surface area (Å²) >= 11 is 1.55. The van der Waals surface area contributed by atoms with E-state index in [9.17, 15) is 9.65 Å². The van der Waals surface area contributed by atoms with Crippen molar-refractivity contribution in [3.8, 4) is 28.6 Å². The SMILES string of the molecule is Cn1c(SCc2ccc(-c3ccccc3C#N)cc2)nnc1-c1ccccc1F. The van der Waals surface area contributed by atoms with Gasteiger partial charge in [-0.15, -0.1) is 10.2 Å². The number of halogens is 1. The molecule has 0 atom stereocenters. The second-order valence-corrected chi connectivity index (χ2v) is 7.43. The first-order valence-corrected chi connectivity index (χ1v) is 10.0. The molecule has 1 aromatic heterocycles. The third kappa shape index (κ3) is 3.91. The van der Waals surface area contributed by atoms with Crippen LogP contribution in [0.2, 0.25) is 0 Å². The molecular formula is C23H17FN4S. The number of rotatable bonds is 5. The summed E-state index contributed by atoms with van der Waals surface area (Å²) in [6.07, 6.45) is 0. The van der Waals surface area contributed by atoms with Crippen molar-refractivity contribution in [2.24, 2.45) is 7.05 Å². The van der Waals surface area contributed by atoms with Crippen LogP contribution in [0.4, 0.5) is 4.39 Å². The van der Waals surface area contributed by atoms with Crippen molar-refractivity contribution >= 4 is 11.8 Å². The van der Waals surface area contributed by atoms with E-state index >= 15 is 0 Å². The maximum atomic E-state index is 14.0. The summed E-state index contributed by atoms with van der Waals surface area (Å²) in [5, 5.41) is 18.4. The highest BCUT2D eigenvalue weighted by Gasteiger charge is 2.14. The molecule has 1 heterocycles. The number of nitrogens with zero attached hydrogens (tertiary/aromatic N) is 4. The van der Waals surface area contributed by atoms with Crippen LogP contribution in [0.3, 0.4) is 0 Å². The maximum Gasteiger partial charge on any atom is 0.191 e. The van der Waals surface area contributed by atoms with E-state index in [0.717, 1.165) is 21.8 Å². The van der Waals surface area contributed by atoms with Gasteiger partial charge in [0.2, 0.25) is 0 Å². The minimum Gasteiger partial charge on any atom is -0.305 e. The zero-order valence-corrected chi connectivity index (χ0v) is 16.5. The topological polar surface area (TPSA) is 54.5 Å². The molecule has 0 aliphatic rings. The van der Waals surface area contributed by atoms with Crippen LogP contribution >= 0.6 is 11.8 Å². The molecule has 0 bridgehead atoms. The van der Waals surface area contributed by atoms with Crippen molar-refractivity contribution in [2.75, 3.05) is 0 Å². The molecule has 0 saturated carbocycles. The molecule has 3 aromatic carbocycles. The van der Waals surface area contributed by atoms with Gasteiger partial charge in [-0.2, -0.15) is 5.26 Å². The number of nitriles is 1. The lowest BCUT2D eigenvalue weighted by atomic mass is 10.00. The van der Waals surface area contributed by atoms with Crippen LogP contribution in [-0.4, -0.2) is 14.8 Å². The molecule has 6 heteroatoms. The van der Waals surface area contributed by atoms with Crippen LogP contribution < -0.4 is 0 Å². The van der Waals surface area contributed by atoms with E-state index < -0.39 is 0 Å². The van der Waals surface area contributed by atoms with Gasteiger partial charge in [0.1, 0.15) is 5.82 Å². The lowest BCUT2D eigenvalue weighted by Gasteiger charge is -2.07. The van der Waals surface area contributed by atoms with Crippen molar-refractivity contribution in [3.05, 3.63) is 89.7 Å². The number of aromatic nitrogens is 3. The molecule has 29 heavy (non-hydrogen) atoms. The van der Waals surface area contributed by atoms with E-state index in [1.165, 1.54) is 6.07 Å². The molecule has 0 amide bonds. The Morgan fingerprint density at radius 3 is 2.34 bits per heavy atom. The summed E-state index contributed by atoms with van der Waals surface area (Å²) in [7, 11) is 1.84. The second kappa shape index (κ2) is 8.29. The summed E-state index contributed by atoms with van der Waals surface area (Å²) < 4.78 is 15.8. The van der Waals surface area contributed by atoms with Gasteiger partial charge in [0.05, 0.1) is 17.2 Å². The Kier molecular flexibility index (Phi) is 5.41. The fourth-order valence-electron chi connectivity index (χ4n) is 3.08. The van der Waals surface area contributed by atoms with Gasteiger partial charge in [-0.1, -0.05) is 66.4 Å². The lowest BCUT2D eigenvalue weighted by Crippen LogP contribution is -1.96. The maximum absolute atomic E-state index is 14.0. The van der Waals surface area contributed by atoms with Crippen LogP contribution in [0, 0.1) is 17.1 Å². The van der Waals surface area contributed by atoms with E-state index in [-0.39, 0.29) is 5.82 Å². The summed E-state index contributed by atoms with van der Waals surface area (Å²) in [6, 6.07) is 24.5. The van der Waals surface area contributed by atoms with Crippen molar-refractivity contribution in [1.29, 1.82) is 5.26 Å². The van der Waals surface area contributed by atoms with Gasteiger partial charge in [-0.25, -0.2) is 4.39 Å². The van der Waals surface area contributed by atoms with Gasteiger partial charge in [-0.3, -0.25) is 0 Å². The normalized spacial score (nSPS) is 10.7. The van der Waals surface area contributed by atoms with E-state index in [1.54, 1.807) is 34.5 Å². The van der Waals surface area contributed by atoms with Gasteiger partial charge < -0.3 is 4.57 Å². The zero-order chi connectivity index (χ0) is 20.2. The number of hydrogen-bond acceptors (Lipinski definition) is 4. The molecule has 142 valence electrons. The van der Waals surface area contributed by atoms with Gasteiger partial charge in [0.15, 0.2) is 11.0 Å². The third-order valence-corrected chi connectivity index (χ3v) is 5.72. The molecule has 0 fully saturated rings. The van der Waals surface area contributed by atoms with Crippen LogP contribution in [0.1, 0.15) is 11.1 Å².